The summed E-state index contributed by atoms with van der Waals surface area (Å²) in [5.41, 5.74) is 1.24. The maximum atomic E-state index is 13.7. The first-order valence-corrected chi connectivity index (χ1v) is 10.4. The number of rotatable bonds is 11. The number of amides is 2. The van der Waals surface area contributed by atoms with Gasteiger partial charge >= 0.3 is 0 Å². The van der Waals surface area contributed by atoms with Crippen molar-refractivity contribution in [1.29, 1.82) is 0 Å². The van der Waals surface area contributed by atoms with E-state index in [-0.39, 0.29) is 11.3 Å². The molecular formula is C24H27FN2O5. The van der Waals surface area contributed by atoms with Gasteiger partial charge in [-0.25, -0.2) is 9.29 Å². The summed E-state index contributed by atoms with van der Waals surface area (Å²) in [6.07, 6.45) is 0. The molecule has 0 N–H and O–H groups in total. The highest BCUT2D eigenvalue weighted by Crippen LogP contribution is 2.38. The molecule has 2 amide bonds. The lowest BCUT2D eigenvalue weighted by Crippen LogP contribution is -2.37. The maximum absolute atomic E-state index is 13.7. The topological polar surface area (TPSA) is 68.3 Å². The average Bonchev–Trinajstić information content (AvgIpc) is 3.05. The second-order valence-electron chi connectivity index (χ2n) is 7.05. The van der Waals surface area contributed by atoms with Crippen LogP contribution >= 0.6 is 0 Å². The maximum Gasteiger partial charge on any atom is 0.282 e. The Labute approximate surface area is 187 Å². The van der Waals surface area contributed by atoms with Crippen molar-refractivity contribution in [2.45, 2.75) is 6.92 Å². The van der Waals surface area contributed by atoms with Crippen molar-refractivity contribution in [2.24, 2.45) is 0 Å². The highest BCUT2D eigenvalue weighted by Gasteiger charge is 2.43. The van der Waals surface area contributed by atoms with Gasteiger partial charge in [-0.1, -0.05) is 24.3 Å². The molecule has 0 saturated heterocycles. The van der Waals surface area contributed by atoms with Crippen LogP contribution in [0.5, 0.6) is 5.75 Å². The molecule has 2 aromatic carbocycles. The second-order valence-corrected chi connectivity index (χ2v) is 7.05. The van der Waals surface area contributed by atoms with E-state index >= 15 is 0 Å². The van der Waals surface area contributed by atoms with E-state index in [0.717, 1.165) is 4.90 Å². The molecule has 170 valence electrons. The molecule has 0 aromatic heterocycles. The Morgan fingerprint density at radius 3 is 2.12 bits per heavy atom. The number of hydrogen-bond acceptors (Lipinski definition) is 6. The molecule has 0 radical (unpaired) electrons. The van der Waals surface area contributed by atoms with Crippen LogP contribution in [0.4, 0.5) is 10.1 Å². The fourth-order valence-electron chi connectivity index (χ4n) is 3.56. The molecule has 7 nitrogen and oxygen atoms in total. The zero-order valence-corrected chi connectivity index (χ0v) is 18.5. The summed E-state index contributed by atoms with van der Waals surface area (Å²) in [4.78, 5) is 30.2. The van der Waals surface area contributed by atoms with Crippen molar-refractivity contribution in [2.75, 3.05) is 52.0 Å². The van der Waals surface area contributed by atoms with Crippen LogP contribution in [0.3, 0.4) is 0 Å². The van der Waals surface area contributed by atoms with Gasteiger partial charge in [0, 0.05) is 27.3 Å². The molecule has 0 aliphatic carbocycles. The van der Waals surface area contributed by atoms with E-state index in [9.17, 15) is 14.0 Å². The monoisotopic (exact) mass is 442 g/mol. The molecule has 0 spiro atoms. The zero-order chi connectivity index (χ0) is 23.1. The van der Waals surface area contributed by atoms with Gasteiger partial charge in [0.1, 0.15) is 17.3 Å². The number of carbonyl (C=O) groups excluding carboxylic acids is 2. The molecule has 3 rings (SSSR count). The summed E-state index contributed by atoms with van der Waals surface area (Å²) in [5, 5.41) is 0. The quantitative estimate of drug-likeness (QED) is 0.498. The smallest absolute Gasteiger partial charge is 0.282 e. The molecule has 32 heavy (non-hydrogen) atoms. The van der Waals surface area contributed by atoms with Gasteiger partial charge in [0.15, 0.2) is 0 Å². The van der Waals surface area contributed by atoms with Crippen molar-refractivity contribution in [1.82, 2.24) is 4.90 Å². The molecule has 0 unspecified atom stereocenters. The number of hydrogen-bond donors (Lipinski definition) is 0. The molecule has 1 heterocycles. The Morgan fingerprint density at radius 1 is 0.906 bits per heavy atom. The van der Waals surface area contributed by atoms with Crippen LogP contribution in [0.25, 0.3) is 5.57 Å². The number of para-hydroxylation sites is 2. The molecule has 1 aliphatic heterocycles. The number of methoxy groups -OCH3 is 2. The summed E-state index contributed by atoms with van der Waals surface area (Å²) in [5.74, 6) is -0.976. The highest BCUT2D eigenvalue weighted by atomic mass is 19.1. The van der Waals surface area contributed by atoms with E-state index in [1.54, 1.807) is 43.4 Å². The van der Waals surface area contributed by atoms with Crippen molar-refractivity contribution in [3.05, 3.63) is 65.6 Å². The lowest BCUT2D eigenvalue weighted by molar-refractivity contribution is -0.120. The summed E-state index contributed by atoms with van der Waals surface area (Å²) in [7, 11) is 3.13. The fourth-order valence-corrected chi connectivity index (χ4v) is 3.56. The highest BCUT2D eigenvalue weighted by molar-refractivity contribution is 6.45. The largest absolute Gasteiger partial charge is 0.492 e. The Hall–Kier alpha value is -3.23. The number of imide groups is 1. The third kappa shape index (κ3) is 4.81. The molecule has 0 atom stereocenters. The minimum absolute atomic E-state index is 0.202. The summed E-state index contributed by atoms with van der Waals surface area (Å²) in [6.45, 7) is 3.66. The number of carbonyl (C=O) groups is 2. The standard InChI is InChI=1S/C24H27FN2O5/c1-4-32-20-8-6-5-7-19(20)27-23(28)21(17-9-11-18(25)12-10-17)22(24(27)29)26(13-15-30-2)14-16-31-3/h5-12H,4,13-16H2,1-3H3. The molecule has 8 heteroatoms. The minimum atomic E-state index is -0.497. The third-order valence-electron chi connectivity index (χ3n) is 5.05. The number of ether oxygens (including phenoxy) is 3. The van der Waals surface area contributed by atoms with E-state index in [1.165, 1.54) is 24.3 Å². The van der Waals surface area contributed by atoms with Gasteiger partial charge in [-0.15, -0.1) is 0 Å². The summed E-state index contributed by atoms with van der Waals surface area (Å²) >= 11 is 0. The van der Waals surface area contributed by atoms with Crippen LogP contribution in [-0.2, 0) is 19.1 Å². The van der Waals surface area contributed by atoms with Crippen LogP contribution in [0, 0.1) is 5.82 Å². The zero-order valence-electron chi connectivity index (χ0n) is 18.5. The van der Waals surface area contributed by atoms with Crippen LogP contribution in [-0.4, -0.2) is 63.8 Å². The van der Waals surface area contributed by atoms with Crippen LogP contribution < -0.4 is 9.64 Å². The number of halogens is 1. The first-order chi connectivity index (χ1) is 15.5. The van der Waals surface area contributed by atoms with Crippen molar-refractivity contribution < 1.29 is 28.2 Å². The van der Waals surface area contributed by atoms with Crippen molar-refractivity contribution in [3.63, 3.8) is 0 Å². The van der Waals surface area contributed by atoms with Gasteiger partial charge in [-0.3, -0.25) is 9.59 Å². The Morgan fingerprint density at radius 2 is 1.53 bits per heavy atom. The van der Waals surface area contributed by atoms with Crippen molar-refractivity contribution in [3.8, 4) is 5.75 Å². The number of anilines is 1. The van der Waals surface area contributed by atoms with E-state index in [0.29, 0.717) is 49.9 Å². The molecule has 0 bridgehead atoms. The normalized spacial score (nSPS) is 13.8. The lowest BCUT2D eigenvalue weighted by Gasteiger charge is -2.26. The van der Waals surface area contributed by atoms with Crippen molar-refractivity contribution >= 4 is 23.1 Å². The van der Waals surface area contributed by atoms with Gasteiger partial charge in [-0.2, -0.15) is 0 Å². The Balaban J connectivity index is 2.14. The van der Waals surface area contributed by atoms with E-state index in [2.05, 4.69) is 0 Å². The van der Waals surface area contributed by atoms with E-state index < -0.39 is 17.6 Å². The van der Waals surface area contributed by atoms with E-state index in [4.69, 9.17) is 14.2 Å². The molecule has 2 aromatic rings. The first kappa shape index (κ1) is 23.4. The predicted octanol–water partition coefficient (Wildman–Crippen LogP) is 3.10. The summed E-state index contributed by atoms with van der Waals surface area (Å²) < 4.78 is 29.7. The molecule has 0 saturated carbocycles. The van der Waals surface area contributed by atoms with Gasteiger partial charge < -0.3 is 19.1 Å². The average molecular weight is 442 g/mol. The fraction of sp³-hybridized carbons (Fsp3) is 0.333. The Kier molecular flexibility index (Phi) is 7.97. The number of nitrogens with zero attached hydrogens (tertiary/aromatic N) is 2. The van der Waals surface area contributed by atoms with Crippen LogP contribution in [0.1, 0.15) is 12.5 Å². The molecular weight excluding hydrogens is 415 g/mol. The first-order valence-electron chi connectivity index (χ1n) is 10.4. The summed E-state index contributed by atoms with van der Waals surface area (Å²) in [6, 6.07) is 12.4. The Bertz CT molecular complexity index is 982. The van der Waals surface area contributed by atoms with Gasteiger partial charge in [-0.05, 0) is 36.8 Å². The van der Waals surface area contributed by atoms with Gasteiger partial charge in [0.2, 0.25) is 0 Å². The lowest BCUT2D eigenvalue weighted by atomic mass is 10.0. The predicted molar refractivity (Wildman–Crippen MR) is 119 cm³/mol. The van der Waals surface area contributed by atoms with Crippen LogP contribution in [0.15, 0.2) is 54.2 Å². The third-order valence-corrected chi connectivity index (χ3v) is 5.05. The molecule has 0 fully saturated rings. The van der Waals surface area contributed by atoms with Crippen LogP contribution in [0.2, 0.25) is 0 Å². The van der Waals surface area contributed by atoms with Gasteiger partial charge in [0.05, 0.1) is 31.1 Å². The minimum Gasteiger partial charge on any atom is -0.492 e. The molecule has 1 aliphatic rings. The number of benzene rings is 2. The second kappa shape index (κ2) is 10.9. The van der Waals surface area contributed by atoms with Gasteiger partial charge in [0.25, 0.3) is 11.8 Å². The SMILES string of the molecule is CCOc1ccccc1N1C(=O)C(c2ccc(F)cc2)=C(N(CCOC)CCOC)C1=O. The van der Waals surface area contributed by atoms with E-state index in [1.807, 2.05) is 6.92 Å².